The summed E-state index contributed by atoms with van der Waals surface area (Å²) in [6, 6.07) is 5.92. The summed E-state index contributed by atoms with van der Waals surface area (Å²) in [5, 5.41) is 13.4. The van der Waals surface area contributed by atoms with Crippen molar-refractivity contribution in [1.82, 2.24) is 14.9 Å². The van der Waals surface area contributed by atoms with Crippen LogP contribution in [0.2, 0.25) is 0 Å². The van der Waals surface area contributed by atoms with Gasteiger partial charge >= 0.3 is 0 Å². The SMILES string of the molecule is CC(C)CNCC(O)c1ccc2c(c1)ncn2C. The van der Waals surface area contributed by atoms with Crippen molar-refractivity contribution in [2.45, 2.75) is 20.0 Å². The summed E-state index contributed by atoms with van der Waals surface area (Å²) >= 11 is 0. The van der Waals surface area contributed by atoms with E-state index in [2.05, 4.69) is 24.1 Å². The molecular weight excluding hydrogens is 226 g/mol. The van der Waals surface area contributed by atoms with Crippen LogP contribution in [0.4, 0.5) is 0 Å². The average molecular weight is 247 g/mol. The van der Waals surface area contributed by atoms with E-state index in [9.17, 15) is 5.11 Å². The zero-order valence-corrected chi connectivity index (χ0v) is 11.2. The first-order valence-corrected chi connectivity index (χ1v) is 6.37. The van der Waals surface area contributed by atoms with Crippen LogP contribution in [0.1, 0.15) is 25.5 Å². The highest BCUT2D eigenvalue weighted by Crippen LogP contribution is 2.18. The van der Waals surface area contributed by atoms with Gasteiger partial charge in [-0.3, -0.25) is 0 Å². The van der Waals surface area contributed by atoms with Crippen molar-refractivity contribution in [3.8, 4) is 0 Å². The van der Waals surface area contributed by atoms with Gasteiger partial charge in [-0.15, -0.1) is 0 Å². The maximum Gasteiger partial charge on any atom is 0.0955 e. The fourth-order valence-electron chi connectivity index (χ4n) is 1.99. The number of aryl methyl sites for hydroxylation is 1. The average Bonchev–Trinajstić information content (AvgIpc) is 2.70. The van der Waals surface area contributed by atoms with Crippen LogP contribution in [0.3, 0.4) is 0 Å². The Hall–Kier alpha value is -1.39. The number of nitrogens with zero attached hydrogens (tertiary/aromatic N) is 2. The highest BCUT2D eigenvalue weighted by molar-refractivity contribution is 5.76. The third-order valence-corrected chi connectivity index (χ3v) is 3.02. The molecule has 1 unspecified atom stereocenters. The van der Waals surface area contributed by atoms with Gasteiger partial charge in [-0.05, 0) is 30.2 Å². The first kappa shape index (κ1) is 13.1. The van der Waals surface area contributed by atoms with Crippen LogP contribution in [0.15, 0.2) is 24.5 Å². The lowest BCUT2D eigenvalue weighted by molar-refractivity contribution is 0.173. The molecular formula is C14H21N3O. The Morgan fingerprint density at radius 1 is 1.33 bits per heavy atom. The first-order valence-electron chi connectivity index (χ1n) is 6.37. The summed E-state index contributed by atoms with van der Waals surface area (Å²) in [5.74, 6) is 0.593. The summed E-state index contributed by atoms with van der Waals surface area (Å²) in [6.45, 7) is 5.80. The van der Waals surface area contributed by atoms with Crippen LogP contribution in [-0.4, -0.2) is 27.7 Å². The van der Waals surface area contributed by atoms with Gasteiger partial charge in [0.05, 0.1) is 23.5 Å². The zero-order chi connectivity index (χ0) is 13.1. The van der Waals surface area contributed by atoms with Crippen molar-refractivity contribution < 1.29 is 5.11 Å². The van der Waals surface area contributed by atoms with E-state index in [0.717, 1.165) is 23.1 Å². The number of benzene rings is 1. The van der Waals surface area contributed by atoms with Crippen LogP contribution in [0.25, 0.3) is 11.0 Å². The molecule has 2 rings (SSSR count). The predicted molar refractivity (Wildman–Crippen MR) is 73.4 cm³/mol. The standard InChI is InChI=1S/C14H21N3O/c1-10(2)7-15-8-14(18)11-4-5-13-12(6-11)16-9-17(13)3/h4-6,9-10,14-15,18H,7-8H2,1-3H3. The largest absolute Gasteiger partial charge is 0.387 e. The van der Waals surface area contributed by atoms with Crippen LogP contribution in [0.5, 0.6) is 0 Å². The Morgan fingerprint density at radius 3 is 2.83 bits per heavy atom. The number of aromatic nitrogens is 2. The van der Waals surface area contributed by atoms with Gasteiger partial charge in [-0.2, -0.15) is 0 Å². The maximum absolute atomic E-state index is 10.1. The van der Waals surface area contributed by atoms with Crippen molar-refractivity contribution in [3.05, 3.63) is 30.1 Å². The van der Waals surface area contributed by atoms with Gasteiger partial charge < -0.3 is 15.0 Å². The lowest BCUT2D eigenvalue weighted by atomic mass is 10.1. The molecule has 0 bridgehead atoms. The lowest BCUT2D eigenvalue weighted by Gasteiger charge is -2.13. The van der Waals surface area contributed by atoms with E-state index in [4.69, 9.17) is 0 Å². The molecule has 0 fully saturated rings. The minimum absolute atomic E-state index is 0.477. The van der Waals surface area contributed by atoms with E-state index in [1.54, 1.807) is 6.33 Å². The number of fused-ring (bicyclic) bond motifs is 1. The van der Waals surface area contributed by atoms with E-state index in [-0.39, 0.29) is 0 Å². The normalized spacial score (nSPS) is 13.4. The number of aliphatic hydroxyl groups is 1. The smallest absolute Gasteiger partial charge is 0.0955 e. The van der Waals surface area contributed by atoms with Crippen molar-refractivity contribution in [3.63, 3.8) is 0 Å². The van der Waals surface area contributed by atoms with Crippen LogP contribution in [0, 0.1) is 5.92 Å². The van der Waals surface area contributed by atoms with Gasteiger partial charge in [0.1, 0.15) is 0 Å². The zero-order valence-electron chi connectivity index (χ0n) is 11.2. The molecule has 0 aliphatic rings. The second-order valence-corrected chi connectivity index (χ2v) is 5.17. The summed E-state index contributed by atoms with van der Waals surface area (Å²) in [7, 11) is 1.97. The van der Waals surface area contributed by atoms with Gasteiger partial charge in [-0.25, -0.2) is 4.98 Å². The fourth-order valence-corrected chi connectivity index (χ4v) is 1.99. The van der Waals surface area contributed by atoms with Gasteiger partial charge in [-0.1, -0.05) is 19.9 Å². The summed E-state index contributed by atoms with van der Waals surface area (Å²) < 4.78 is 1.97. The maximum atomic E-state index is 10.1. The minimum Gasteiger partial charge on any atom is -0.387 e. The highest BCUT2D eigenvalue weighted by atomic mass is 16.3. The quantitative estimate of drug-likeness (QED) is 0.848. The van der Waals surface area contributed by atoms with Crippen molar-refractivity contribution >= 4 is 11.0 Å². The minimum atomic E-state index is -0.477. The van der Waals surface area contributed by atoms with E-state index in [1.165, 1.54) is 0 Å². The van der Waals surface area contributed by atoms with E-state index >= 15 is 0 Å². The molecule has 0 amide bonds. The van der Waals surface area contributed by atoms with Gasteiger partial charge in [0.2, 0.25) is 0 Å². The number of imidazole rings is 1. The third-order valence-electron chi connectivity index (χ3n) is 3.02. The Morgan fingerprint density at radius 2 is 2.11 bits per heavy atom. The number of aliphatic hydroxyl groups excluding tert-OH is 1. The molecule has 1 atom stereocenters. The van der Waals surface area contributed by atoms with E-state index < -0.39 is 6.10 Å². The molecule has 0 aliphatic carbocycles. The van der Waals surface area contributed by atoms with Crippen molar-refractivity contribution in [1.29, 1.82) is 0 Å². The molecule has 1 aromatic carbocycles. The molecule has 0 spiro atoms. The van der Waals surface area contributed by atoms with Crippen molar-refractivity contribution in [2.75, 3.05) is 13.1 Å². The lowest BCUT2D eigenvalue weighted by Crippen LogP contribution is -2.25. The van der Waals surface area contributed by atoms with Crippen LogP contribution in [-0.2, 0) is 7.05 Å². The molecule has 4 heteroatoms. The van der Waals surface area contributed by atoms with E-state index in [1.807, 2.05) is 29.8 Å². The Bertz CT molecular complexity index is 519. The summed E-state index contributed by atoms with van der Waals surface area (Å²) in [5.41, 5.74) is 2.93. The Labute approximate surface area is 108 Å². The Kier molecular flexibility index (Phi) is 3.99. The number of hydrogen-bond donors (Lipinski definition) is 2. The molecule has 98 valence electrons. The summed E-state index contributed by atoms with van der Waals surface area (Å²) in [4.78, 5) is 4.30. The monoisotopic (exact) mass is 247 g/mol. The molecule has 1 aromatic heterocycles. The number of nitrogens with one attached hydrogen (secondary N) is 1. The molecule has 0 aliphatic heterocycles. The highest BCUT2D eigenvalue weighted by Gasteiger charge is 2.09. The second kappa shape index (κ2) is 5.50. The molecule has 0 saturated heterocycles. The van der Waals surface area contributed by atoms with Crippen LogP contribution >= 0.6 is 0 Å². The molecule has 4 nitrogen and oxygen atoms in total. The predicted octanol–water partition coefficient (Wildman–Crippen LogP) is 1.85. The second-order valence-electron chi connectivity index (χ2n) is 5.17. The molecule has 2 N–H and O–H groups in total. The Balaban J connectivity index is 2.06. The number of hydrogen-bond acceptors (Lipinski definition) is 3. The molecule has 0 saturated carbocycles. The van der Waals surface area contributed by atoms with Crippen LogP contribution < -0.4 is 5.32 Å². The summed E-state index contributed by atoms with van der Waals surface area (Å²) in [6.07, 6.45) is 1.31. The topological polar surface area (TPSA) is 50.1 Å². The van der Waals surface area contributed by atoms with Gasteiger partial charge in [0.25, 0.3) is 0 Å². The van der Waals surface area contributed by atoms with Crippen molar-refractivity contribution in [2.24, 2.45) is 13.0 Å². The third kappa shape index (κ3) is 2.89. The molecule has 2 aromatic rings. The van der Waals surface area contributed by atoms with E-state index in [0.29, 0.717) is 12.5 Å². The molecule has 18 heavy (non-hydrogen) atoms. The van der Waals surface area contributed by atoms with Gasteiger partial charge in [0.15, 0.2) is 0 Å². The first-order chi connectivity index (χ1) is 8.58. The van der Waals surface area contributed by atoms with Gasteiger partial charge in [0, 0.05) is 13.6 Å². The fraction of sp³-hybridized carbons (Fsp3) is 0.500. The number of rotatable bonds is 5. The molecule has 0 radical (unpaired) electrons. The molecule has 1 heterocycles.